The fourth-order valence-electron chi connectivity index (χ4n) is 2.95. The summed E-state index contributed by atoms with van der Waals surface area (Å²) in [7, 11) is 0. The molecule has 0 aliphatic carbocycles. The van der Waals surface area contributed by atoms with E-state index in [-0.39, 0.29) is 5.41 Å². The molecule has 0 saturated carbocycles. The summed E-state index contributed by atoms with van der Waals surface area (Å²) in [5.74, 6) is 1.87. The van der Waals surface area contributed by atoms with Gasteiger partial charge in [-0.15, -0.1) is 0 Å². The van der Waals surface area contributed by atoms with Gasteiger partial charge in [0.05, 0.1) is 6.61 Å². The van der Waals surface area contributed by atoms with Crippen molar-refractivity contribution in [3.8, 4) is 5.75 Å². The third-order valence-electron chi connectivity index (χ3n) is 4.87. The zero-order valence-electron chi connectivity index (χ0n) is 16.9. The Morgan fingerprint density at radius 3 is 2.65 bits per heavy atom. The van der Waals surface area contributed by atoms with E-state index in [1.807, 2.05) is 12.1 Å². The molecule has 2 rings (SSSR count). The van der Waals surface area contributed by atoms with E-state index in [0.717, 1.165) is 37.0 Å². The summed E-state index contributed by atoms with van der Waals surface area (Å²) in [4.78, 5) is 7.33. The number of likely N-dealkylation sites (tertiary alicyclic amines) is 1. The second-order valence-electron chi connectivity index (χ2n) is 8.04. The highest BCUT2D eigenvalue weighted by Gasteiger charge is 2.23. The third kappa shape index (κ3) is 6.20. The Kier molecular flexibility index (Phi) is 7.76. The summed E-state index contributed by atoms with van der Waals surface area (Å²) >= 11 is 0. The van der Waals surface area contributed by atoms with Crippen molar-refractivity contribution in [2.45, 2.75) is 59.4 Å². The predicted octanol–water partition coefficient (Wildman–Crippen LogP) is 4.10. The molecule has 0 spiro atoms. The smallest absolute Gasteiger partial charge is 0.198 e. The lowest BCUT2D eigenvalue weighted by Crippen LogP contribution is -2.46. The summed E-state index contributed by atoms with van der Waals surface area (Å²) in [6.07, 6.45) is 4.74. The highest BCUT2D eigenvalue weighted by molar-refractivity contribution is 5.94. The van der Waals surface area contributed by atoms with E-state index in [4.69, 9.17) is 15.5 Å². The van der Waals surface area contributed by atoms with Crippen LogP contribution < -0.4 is 15.8 Å². The first kappa shape index (κ1) is 20.6. The van der Waals surface area contributed by atoms with Gasteiger partial charge < -0.3 is 20.7 Å². The SMILES string of the molecule is CCCOc1ccc(NC(=NCC(C)(C)CN)N2CCCCC2C)cc1. The van der Waals surface area contributed by atoms with Crippen LogP contribution in [-0.2, 0) is 0 Å². The molecule has 1 aromatic rings. The number of benzene rings is 1. The van der Waals surface area contributed by atoms with Crippen LogP contribution in [0.1, 0.15) is 53.4 Å². The molecular weight excluding hydrogens is 324 g/mol. The first-order valence-electron chi connectivity index (χ1n) is 9.96. The highest BCUT2D eigenvalue weighted by atomic mass is 16.5. The predicted molar refractivity (Wildman–Crippen MR) is 111 cm³/mol. The molecule has 1 aliphatic rings. The van der Waals surface area contributed by atoms with Gasteiger partial charge in [0.1, 0.15) is 5.75 Å². The van der Waals surface area contributed by atoms with Crippen LogP contribution >= 0.6 is 0 Å². The normalized spacial score (nSPS) is 18.7. The van der Waals surface area contributed by atoms with E-state index in [0.29, 0.717) is 19.1 Å². The maximum Gasteiger partial charge on any atom is 0.198 e. The summed E-state index contributed by atoms with van der Waals surface area (Å²) in [5.41, 5.74) is 6.93. The lowest BCUT2D eigenvalue weighted by molar-refractivity contribution is 0.255. The number of nitrogens with one attached hydrogen (secondary N) is 1. The van der Waals surface area contributed by atoms with E-state index >= 15 is 0 Å². The van der Waals surface area contributed by atoms with Crippen molar-refractivity contribution in [2.75, 3.05) is 31.6 Å². The average molecular weight is 361 g/mol. The van der Waals surface area contributed by atoms with Crippen molar-refractivity contribution in [1.29, 1.82) is 0 Å². The number of ether oxygens (including phenoxy) is 1. The summed E-state index contributed by atoms with van der Waals surface area (Å²) in [6, 6.07) is 8.65. The molecule has 1 fully saturated rings. The molecule has 1 aromatic carbocycles. The quantitative estimate of drug-likeness (QED) is 0.567. The van der Waals surface area contributed by atoms with Gasteiger partial charge in [0.25, 0.3) is 0 Å². The lowest BCUT2D eigenvalue weighted by atomic mass is 9.94. The van der Waals surface area contributed by atoms with Gasteiger partial charge in [-0.3, -0.25) is 4.99 Å². The Bertz CT molecular complexity index is 568. The molecule has 1 unspecified atom stereocenters. The zero-order chi connectivity index (χ0) is 19.0. The van der Waals surface area contributed by atoms with Gasteiger partial charge in [-0.25, -0.2) is 0 Å². The molecule has 0 amide bonds. The minimum atomic E-state index is 0.00377. The van der Waals surface area contributed by atoms with Crippen molar-refractivity contribution >= 4 is 11.6 Å². The average Bonchev–Trinajstić information content (AvgIpc) is 2.65. The molecule has 3 N–H and O–H groups in total. The Morgan fingerprint density at radius 2 is 2.04 bits per heavy atom. The number of guanidine groups is 1. The van der Waals surface area contributed by atoms with Gasteiger partial charge in [-0.2, -0.15) is 0 Å². The third-order valence-corrected chi connectivity index (χ3v) is 4.87. The first-order chi connectivity index (χ1) is 12.4. The van der Waals surface area contributed by atoms with Crippen molar-refractivity contribution in [3.05, 3.63) is 24.3 Å². The molecule has 5 nitrogen and oxygen atoms in total. The van der Waals surface area contributed by atoms with Gasteiger partial charge in [0.2, 0.25) is 0 Å². The van der Waals surface area contributed by atoms with Crippen LogP contribution in [0.4, 0.5) is 5.69 Å². The molecule has 0 bridgehead atoms. The summed E-state index contributed by atoms with van der Waals surface area (Å²) in [5, 5.41) is 3.54. The standard InChI is InChI=1S/C21H36N4O/c1-5-14-26-19-11-9-18(10-12-19)24-20(23-16-21(3,4)15-22)25-13-7-6-8-17(25)2/h9-12,17H,5-8,13-16,22H2,1-4H3,(H,23,24). The van der Waals surface area contributed by atoms with Crippen LogP contribution in [0.15, 0.2) is 29.3 Å². The van der Waals surface area contributed by atoms with Gasteiger partial charge in [0.15, 0.2) is 5.96 Å². The monoisotopic (exact) mass is 360 g/mol. The van der Waals surface area contributed by atoms with E-state index in [1.54, 1.807) is 0 Å². The number of anilines is 1. The minimum Gasteiger partial charge on any atom is -0.494 e. The number of aliphatic imine (C=N–C) groups is 1. The molecule has 0 radical (unpaired) electrons. The topological polar surface area (TPSA) is 62.9 Å². The molecule has 26 heavy (non-hydrogen) atoms. The fraction of sp³-hybridized carbons (Fsp3) is 0.667. The molecule has 5 heteroatoms. The summed E-state index contributed by atoms with van der Waals surface area (Å²) in [6.45, 7) is 11.9. The Hall–Kier alpha value is -1.75. The van der Waals surface area contributed by atoms with Crippen molar-refractivity contribution in [1.82, 2.24) is 4.90 Å². The molecule has 1 saturated heterocycles. The Balaban J connectivity index is 2.13. The molecule has 1 atom stereocenters. The zero-order valence-corrected chi connectivity index (χ0v) is 16.9. The van der Waals surface area contributed by atoms with Crippen LogP contribution in [0.3, 0.4) is 0 Å². The minimum absolute atomic E-state index is 0.00377. The number of hydrogen-bond donors (Lipinski definition) is 2. The maximum absolute atomic E-state index is 5.89. The number of hydrogen-bond acceptors (Lipinski definition) is 3. The number of nitrogens with zero attached hydrogens (tertiary/aromatic N) is 2. The second-order valence-corrected chi connectivity index (χ2v) is 8.04. The number of piperidine rings is 1. The highest BCUT2D eigenvalue weighted by Crippen LogP contribution is 2.21. The van der Waals surface area contributed by atoms with E-state index in [2.05, 4.69) is 50.0 Å². The molecule has 146 valence electrons. The van der Waals surface area contributed by atoms with E-state index in [1.165, 1.54) is 19.3 Å². The molecular formula is C21H36N4O. The van der Waals surface area contributed by atoms with Crippen LogP contribution in [-0.4, -0.2) is 43.1 Å². The van der Waals surface area contributed by atoms with E-state index in [9.17, 15) is 0 Å². The molecule has 1 aliphatic heterocycles. The van der Waals surface area contributed by atoms with Crippen LogP contribution in [0.25, 0.3) is 0 Å². The van der Waals surface area contributed by atoms with E-state index < -0.39 is 0 Å². The van der Waals surface area contributed by atoms with Gasteiger partial charge in [0, 0.05) is 24.8 Å². The molecule has 1 heterocycles. The second kappa shape index (κ2) is 9.81. The Morgan fingerprint density at radius 1 is 1.31 bits per heavy atom. The Labute approximate surface area is 159 Å². The van der Waals surface area contributed by atoms with Crippen LogP contribution in [0.5, 0.6) is 5.75 Å². The maximum atomic E-state index is 5.89. The van der Waals surface area contributed by atoms with Gasteiger partial charge in [-0.05, 0) is 68.8 Å². The van der Waals surface area contributed by atoms with Crippen molar-refractivity contribution < 1.29 is 4.74 Å². The van der Waals surface area contributed by atoms with Crippen LogP contribution in [0.2, 0.25) is 0 Å². The lowest BCUT2D eigenvalue weighted by Gasteiger charge is -2.36. The van der Waals surface area contributed by atoms with Gasteiger partial charge >= 0.3 is 0 Å². The largest absolute Gasteiger partial charge is 0.494 e. The summed E-state index contributed by atoms with van der Waals surface area (Å²) < 4.78 is 5.67. The number of rotatable bonds is 7. The first-order valence-corrected chi connectivity index (χ1v) is 9.96. The van der Waals surface area contributed by atoms with Crippen molar-refractivity contribution in [3.63, 3.8) is 0 Å². The van der Waals surface area contributed by atoms with Gasteiger partial charge in [-0.1, -0.05) is 20.8 Å². The van der Waals surface area contributed by atoms with Crippen molar-refractivity contribution in [2.24, 2.45) is 16.1 Å². The fourth-order valence-corrected chi connectivity index (χ4v) is 2.95. The van der Waals surface area contributed by atoms with Crippen LogP contribution in [0, 0.1) is 5.41 Å². The molecule has 0 aromatic heterocycles. The number of nitrogens with two attached hydrogens (primary N) is 1.